The molecule has 1 heterocycles. The Bertz CT molecular complexity index is 328. The van der Waals surface area contributed by atoms with Gasteiger partial charge in [-0.15, -0.1) is 0 Å². The van der Waals surface area contributed by atoms with Gasteiger partial charge in [-0.2, -0.15) is 0 Å². The van der Waals surface area contributed by atoms with E-state index in [-0.39, 0.29) is 0 Å². The van der Waals surface area contributed by atoms with Crippen molar-refractivity contribution < 1.29 is 9.90 Å². The first-order valence-electron chi connectivity index (χ1n) is 4.78. The van der Waals surface area contributed by atoms with Crippen molar-refractivity contribution in [2.75, 3.05) is 13.1 Å². The van der Waals surface area contributed by atoms with Crippen LogP contribution in [0.1, 0.15) is 15.9 Å². The predicted octanol–water partition coefficient (Wildman–Crippen LogP) is 1.15. The van der Waals surface area contributed by atoms with E-state index in [1.165, 1.54) is 5.56 Å². The summed E-state index contributed by atoms with van der Waals surface area (Å²) < 4.78 is 0. The summed E-state index contributed by atoms with van der Waals surface area (Å²) >= 11 is 0. The number of hydrogen-bond acceptors (Lipinski definition) is 2. The van der Waals surface area contributed by atoms with Crippen LogP contribution in [0.2, 0.25) is 0 Å². The zero-order valence-corrected chi connectivity index (χ0v) is 7.86. The Morgan fingerprint density at radius 2 is 2.00 bits per heavy atom. The first-order valence-corrected chi connectivity index (χ1v) is 4.78. The van der Waals surface area contributed by atoms with Crippen molar-refractivity contribution in [1.82, 2.24) is 5.32 Å². The van der Waals surface area contributed by atoms with Crippen LogP contribution in [0.4, 0.5) is 0 Å². The highest BCUT2D eigenvalue weighted by molar-refractivity contribution is 5.87. The van der Waals surface area contributed by atoms with Gasteiger partial charge in [-0.1, -0.05) is 12.1 Å². The summed E-state index contributed by atoms with van der Waals surface area (Å²) in [5.41, 5.74) is 1.59. The molecule has 1 fully saturated rings. The molecule has 1 saturated heterocycles. The van der Waals surface area contributed by atoms with Gasteiger partial charge >= 0.3 is 5.97 Å². The summed E-state index contributed by atoms with van der Waals surface area (Å²) in [5, 5.41) is 11.9. The van der Waals surface area contributed by atoms with Crippen LogP contribution in [0, 0.1) is 5.92 Å². The Morgan fingerprint density at radius 1 is 1.36 bits per heavy atom. The second-order valence-electron chi connectivity index (χ2n) is 3.73. The van der Waals surface area contributed by atoms with Crippen molar-refractivity contribution in [3.63, 3.8) is 0 Å². The lowest BCUT2D eigenvalue weighted by molar-refractivity contribution is 0.0697. The molecule has 0 amide bonds. The Hall–Kier alpha value is -1.35. The molecule has 0 spiro atoms. The molecule has 1 aliphatic rings. The second-order valence-corrected chi connectivity index (χ2v) is 3.73. The highest BCUT2D eigenvalue weighted by atomic mass is 16.4. The first kappa shape index (κ1) is 9.21. The SMILES string of the molecule is O=C(O)c1ccc(CC2CNC2)cc1. The largest absolute Gasteiger partial charge is 0.478 e. The molecule has 1 aromatic carbocycles. The average Bonchev–Trinajstić information content (AvgIpc) is 2.12. The number of carboxylic acids is 1. The van der Waals surface area contributed by atoms with Crippen LogP contribution in [0.3, 0.4) is 0 Å². The highest BCUT2D eigenvalue weighted by Gasteiger charge is 2.16. The summed E-state index contributed by atoms with van der Waals surface area (Å²) in [6.45, 7) is 2.17. The first-order chi connectivity index (χ1) is 6.75. The van der Waals surface area contributed by atoms with Crippen LogP contribution >= 0.6 is 0 Å². The van der Waals surface area contributed by atoms with E-state index in [4.69, 9.17) is 5.11 Å². The van der Waals surface area contributed by atoms with Crippen LogP contribution < -0.4 is 5.32 Å². The van der Waals surface area contributed by atoms with Crippen molar-refractivity contribution >= 4 is 5.97 Å². The lowest BCUT2D eigenvalue weighted by Gasteiger charge is -2.27. The molecule has 0 atom stereocenters. The second kappa shape index (κ2) is 3.80. The zero-order chi connectivity index (χ0) is 9.97. The van der Waals surface area contributed by atoms with Gasteiger partial charge in [-0.05, 0) is 43.1 Å². The van der Waals surface area contributed by atoms with Gasteiger partial charge in [0.05, 0.1) is 5.56 Å². The number of carbonyl (C=O) groups is 1. The molecule has 3 heteroatoms. The van der Waals surface area contributed by atoms with E-state index in [1.807, 2.05) is 12.1 Å². The molecule has 0 radical (unpaired) electrons. The highest BCUT2D eigenvalue weighted by Crippen LogP contribution is 2.13. The van der Waals surface area contributed by atoms with Crippen LogP contribution in [-0.4, -0.2) is 24.2 Å². The third-order valence-corrected chi connectivity index (χ3v) is 2.59. The van der Waals surface area contributed by atoms with Gasteiger partial charge < -0.3 is 10.4 Å². The van der Waals surface area contributed by atoms with Crippen molar-refractivity contribution in [3.05, 3.63) is 35.4 Å². The number of aromatic carboxylic acids is 1. The predicted molar refractivity (Wildman–Crippen MR) is 53.5 cm³/mol. The maximum absolute atomic E-state index is 10.6. The Labute approximate surface area is 82.8 Å². The molecule has 0 saturated carbocycles. The van der Waals surface area contributed by atoms with Crippen LogP contribution in [0.15, 0.2) is 24.3 Å². The summed E-state index contributed by atoms with van der Waals surface area (Å²) in [7, 11) is 0. The van der Waals surface area contributed by atoms with Gasteiger partial charge in [0.15, 0.2) is 0 Å². The monoisotopic (exact) mass is 191 g/mol. The number of rotatable bonds is 3. The Balaban J connectivity index is 2.01. The Kier molecular flexibility index (Phi) is 2.50. The number of benzene rings is 1. The number of carboxylic acid groups (broad SMARTS) is 1. The van der Waals surface area contributed by atoms with E-state index >= 15 is 0 Å². The van der Waals surface area contributed by atoms with Crippen molar-refractivity contribution in [2.45, 2.75) is 6.42 Å². The van der Waals surface area contributed by atoms with E-state index in [9.17, 15) is 4.79 Å². The van der Waals surface area contributed by atoms with E-state index < -0.39 is 5.97 Å². The lowest BCUT2D eigenvalue weighted by Crippen LogP contribution is -2.43. The zero-order valence-electron chi connectivity index (χ0n) is 7.86. The standard InChI is InChI=1S/C11H13NO2/c13-11(14)10-3-1-8(2-4-10)5-9-6-12-7-9/h1-4,9,12H,5-7H2,(H,13,14). The number of hydrogen-bond donors (Lipinski definition) is 2. The van der Waals surface area contributed by atoms with Gasteiger partial charge in [-0.3, -0.25) is 0 Å². The maximum Gasteiger partial charge on any atom is 0.335 e. The molecule has 0 aromatic heterocycles. The minimum absolute atomic E-state index is 0.362. The van der Waals surface area contributed by atoms with Gasteiger partial charge in [0.1, 0.15) is 0 Å². The van der Waals surface area contributed by atoms with Crippen molar-refractivity contribution in [2.24, 2.45) is 5.92 Å². The molecule has 3 nitrogen and oxygen atoms in total. The third kappa shape index (κ3) is 1.93. The van der Waals surface area contributed by atoms with Gasteiger partial charge in [0.25, 0.3) is 0 Å². The van der Waals surface area contributed by atoms with Crippen LogP contribution in [-0.2, 0) is 6.42 Å². The summed E-state index contributed by atoms with van der Waals surface area (Å²) in [6.07, 6.45) is 1.05. The summed E-state index contributed by atoms with van der Waals surface area (Å²) in [5.74, 6) is -0.132. The van der Waals surface area contributed by atoms with Crippen molar-refractivity contribution in [1.29, 1.82) is 0 Å². The third-order valence-electron chi connectivity index (χ3n) is 2.59. The number of nitrogens with one attached hydrogen (secondary N) is 1. The van der Waals surface area contributed by atoms with E-state index in [2.05, 4.69) is 5.32 Å². The average molecular weight is 191 g/mol. The Morgan fingerprint density at radius 3 is 2.43 bits per heavy atom. The molecule has 2 N–H and O–H groups in total. The normalized spacial score (nSPS) is 16.3. The molecule has 0 unspecified atom stereocenters. The molecule has 2 rings (SSSR count). The topological polar surface area (TPSA) is 49.3 Å². The summed E-state index contributed by atoms with van der Waals surface area (Å²) in [6, 6.07) is 7.15. The molecule has 74 valence electrons. The van der Waals surface area contributed by atoms with Crippen LogP contribution in [0.25, 0.3) is 0 Å². The van der Waals surface area contributed by atoms with Crippen molar-refractivity contribution in [3.8, 4) is 0 Å². The molecule has 1 aromatic rings. The quantitative estimate of drug-likeness (QED) is 0.753. The summed E-state index contributed by atoms with van der Waals surface area (Å²) in [4.78, 5) is 10.6. The fourth-order valence-electron chi connectivity index (χ4n) is 1.61. The molecular formula is C11H13NO2. The fourth-order valence-corrected chi connectivity index (χ4v) is 1.61. The maximum atomic E-state index is 10.6. The van der Waals surface area contributed by atoms with Gasteiger partial charge in [-0.25, -0.2) is 4.79 Å². The molecule has 1 aliphatic heterocycles. The molecule has 0 aliphatic carbocycles. The van der Waals surface area contributed by atoms with Crippen LogP contribution in [0.5, 0.6) is 0 Å². The molecule has 0 bridgehead atoms. The van der Waals surface area contributed by atoms with Gasteiger partial charge in [0.2, 0.25) is 0 Å². The minimum Gasteiger partial charge on any atom is -0.478 e. The smallest absolute Gasteiger partial charge is 0.335 e. The fraction of sp³-hybridized carbons (Fsp3) is 0.364. The molecular weight excluding hydrogens is 178 g/mol. The minimum atomic E-state index is -0.859. The van der Waals surface area contributed by atoms with E-state index in [0.29, 0.717) is 5.56 Å². The van der Waals surface area contributed by atoms with E-state index in [0.717, 1.165) is 25.4 Å². The van der Waals surface area contributed by atoms with E-state index in [1.54, 1.807) is 12.1 Å². The lowest BCUT2D eigenvalue weighted by atomic mass is 9.94. The van der Waals surface area contributed by atoms with Gasteiger partial charge in [0, 0.05) is 0 Å². The molecule has 14 heavy (non-hydrogen) atoms.